The Balaban J connectivity index is 3.28. The summed E-state index contributed by atoms with van der Waals surface area (Å²) < 4.78 is 17.1. The van der Waals surface area contributed by atoms with Crippen LogP contribution < -0.4 is 4.74 Å². The highest BCUT2D eigenvalue weighted by atomic mass is 19.1. The molecule has 0 atom stereocenters. The van der Waals surface area contributed by atoms with E-state index < -0.39 is 11.7 Å². The molecular weight excluding hydrogens is 167 g/mol. The number of rotatable bonds is 2. The van der Waals surface area contributed by atoms with Gasteiger partial charge in [0.05, 0.1) is 7.11 Å². The van der Waals surface area contributed by atoms with E-state index in [1.807, 2.05) is 0 Å². The normalized spacial score (nSPS) is 9.50. The Morgan fingerprint density at radius 1 is 1.75 bits per heavy atom. The van der Waals surface area contributed by atoms with Crippen molar-refractivity contribution in [3.8, 4) is 11.8 Å². The predicted octanol–water partition coefficient (Wildman–Crippen LogP) is 1.33. The third kappa shape index (κ3) is 1.31. The molecule has 0 unspecified atom stereocenters. The SMILES string of the molecule is COc1nc(O)c(F)cc1N=O. The van der Waals surface area contributed by atoms with Crippen LogP contribution in [0, 0.1) is 10.7 Å². The van der Waals surface area contributed by atoms with Gasteiger partial charge in [0.15, 0.2) is 11.5 Å². The molecule has 0 saturated carbocycles. The molecule has 1 aromatic rings. The monoisotopic (exact) mass is 172 g/mol. The van der Waals surface area contributed by atoms with Crippen molar-refractivity contribution in [2.75, 3.05) is 7.11 Å². The van der Waals surface area contributed by atoms with Gasteiger partial charge in [-0.3, -0.25) is 0 Å². The molecular formula is C6H5FN2O3. The minimum absolute atomic E-state index is 0.205. The molecule has 0 bridgehead atoms. The van der Waals surface area contributed by atoms with Crippen LogP contribution in [0.2, 0.25) is 0 Å². The maximum Gasteiger partial charge on any atom is 0.251 e. The first-order valence-electron chi connectivity index (χ1n) is 2.96. The van der Waals surface area contributed by atoms with E-state index in [0.29, 0.717) is 0 Å². The van der Waals surface area contributed by atoms with E-state index in [9.17, 15) is 9.30 Å². The third-order valence-electron chi connectivity index (χ3n) is 1.20. The molecule has 0 radical (unpaired) electrons. The number of nitroso groups, excluding NO2 is 1. The number of ether oxygens (including phenoxy) is 1. The maximum atomic E-state index is 12.5. The lowest BCUT2D eigenvalue weighted by atomic mass is 10.4. The average molecular weight is 172 g/mol. The Morgan fingerprint density at radius 3 is 2.92 bits per heavy atom. The zero-order chi connectivity index (χ0) is 9.14. The molecule has 0 aliphatic carbocycles. The van der Waals surface area contributed by atoms with Crippen LogP contribution in [-0.4, -0.2) is 17.2 Å². The van der Waals surface area contributed by atoms with E-state index in [-0.39, 0.29) is 11.6 Å². The molecule has 0 aliphatic rings. The number of halogens is 1. The van der Waals surface area contributed by atoms with E-state index in [1.54, 1.807) is 0 Å². The first-order chi connectivity index (χ1) is 5.69. The van der Waals surface area contributed by atoms with Gasteiger partial charge < -0.3 is 9.84 Å². The van der Waals surface area contributed by atoms with Gasteiger partial charge in [0.25, 0.3) is 5.88 Å². The lowest BCUT2D eigenvalue weighted by molar-refractivity contribution is 0.367. The fourth-order valence-corrected chi connectivity index (χ4v) is 0.669. The first kappa shape index (κ1) is 8.38. The highest BCUT2D eigenvalue weighted by molar-refractivity contribution is 5.48. The van der Waals surface area contributed by atoms with Crippen molar-refractivity contribution < 1.29 is 14.2 Å². The summed E-state index contributed by atoms with van der Waals surface area (Å²) in [4.78, 5) is 13.3. The molecule has 5 nitrogen and oxygen atoms in total. The first-order valence-corrected chi connectivity index (χ1v) is 2.96. The minimum atomic E-state index is -1.01. The Labute approximate surface area is 66.8 Å². The van der Waals surface area contributed by atoms with Gasteiger partial charge in [-0.2, -0.15) is 4.98 Å². The molecule has 1 aromatic heterocycles. The summed E-state index contributed by atoms with van der Waals surface area (Å²) in [6, 6.07) is 0.744. The van der Waals surface area contributed by atoms with Crippen LogP contribution in [0.15, 0.2) is 11.2 Å². The highest BCUT2D eigenvalue weighted by Gasteiger charge is 2.11. The molecule has 1 N–H and O–H groups in total. The fourth-order valence-electron chi connectivity index (χ4n) is 0.669. The number of methoxy groups -OCH3 is 1. The number of hydrogen-bond acceptors (Lipinski definition) is 5. The maximum absolute atomic E-state index is 12.5. The van der Waals surface area contributed by atoms with E-state index in [0.717, 1.165) is 6.07 Å². The molecule has 0 amide bonds. The van der Waals surface area contributed by atoms with Gasteiger partial charge in [0.1, 0.15) is 0 Å². The smallest absolute Gasteiger partial charge is 0.251 e. The van der Waals surface area contributed by atoms with Gasteiger partial charge in [0, 0.05) is 6.07 Å². The second-order valence-corrected chi connectivity index (χ2v) is 1.91. The molecule has 6 heteroatoms. The number of pyridine rings is 1. The van der Waals surface area contributed by atoms with Gasteiger partial charge in [-0.25, -0.2) is 4.39 Å². The Bertz CT molecular complexity index is 316. The summed E-state index contributed by atoms with van der Waals surface area (Å²) in [5.74, 6) is -2.03. The van der Waals surface area contributed by atoms with Crippen molar-refractivity contribution >= 4 is 5.69 Å². The summed E-state index contributed by atoms with van der Waals surface area (Å²) in [5, 5.41) is 11.2. The van der Waals surface area contributed by atoms with Gasteiger partial charge in [-0.1, -0.05) is 0 Å². The van der Waals surface area contributed by atoms with Crippen molar-refractivity contribution in [1.29, 1.82) is 0 Å². The summed E-state index contributed by atoms with van der Waals surface area (Å²) in [6.45, 7) is 0. The van der Waals surface area contributed by atoms with Crippen molar-refractivity contribution in [3.05, 3.63) is 16.8 Å². The second kappa shape index (κ2) is 3.12. The number of aromatic nitrogens is 1. The van der Waals surface area contributed by atoms with E-state index in [1.165, 1.54) is 7.11 Å². The van der Waals surface area contributed by atoms with E-state index >= 15 is 0 Å². The van der Waals surface area contributed by atoms with Gasteiger partial charge in [0.2, 0.25) is 5.88 Å². The molecule has 1 heterocycles. The predicted molar refractivity (Wildman–Crippen MR) is 37.9 cm³/mol. The largest absolute Gasteiger partial charge is 0.491 e. The van der Waals surface area contributed by atoms with Crippen LogP contribution in [0.5, 0.6) is 11.8 Å². The Morgan fingerprint density at radius 2 is 2.42 bits per heavy atom. The van der Waals surface area contributed by atoms with Crippen LogP contribution in [-0.2, 0) is 0 Å². The van der Waals surface area contributed by atoms with Crippen LogP contribution in [0.4, 0.5) is 10.1 Å². The summed E-state index contributed by atoms with van der Waals surface area (Å²) >= 11 is 0. The molecule has 0 aromatic carbocycles. The quantitative estimate of drug-likeness (QED) is 0.683. The highest BCUT2D eigenvalue weighted by Crippen LogP contribution is 2.28. The zero-order valence-corrected chi connectivity index (χ0v) is 6.11. The van der Waals surface area contributed by atoms with E-state index in [2.05, 4.69) is 14.9 Å². The molecule has 0 saturated heterocycles. The number of aromatic hydroxyl groups is 1. The lowest BCUT2D eigenvalue weighted by Crippen LogP contribution is -1.89. The Kier molecular flexibility index (Phi) is 2.18. The van der Waals surface area contributed by atoms with Gasteiger partial charge in [-0.05, 0) is 5.18 Å². The van der Waals surface area contributed by atoms with Gasteiger partial charge in [-0.15, -0.1) is 4.91 Å². The second-order valence-electron chi connectivity index (χ2n) is 1.91. The fraction of sp³-hybridized carbons (Fsp3) is 0.167. The van der Waals surface area contributed by atoms with Crippen LogP contribution in [0.1, 0.15) is 0 Å². The minimum Gasteiger partial charge on any atom is -0.491 e. The summed E-state index contributed by atoms with van der Waals surface area (Å²) in [5.41, 5.74) is -0.284. The topological polar surface area (TPSA) is 71.8 Å². The molecule has 12 heavy (non-hydrogen) atoms. The third-order valence-corrected chi connectivity index (χ3v) is 1.20. The summed E-state index contributed by atoms with van der Waals surface area (Å²) in [7, 11) is 1.23. The molecule has 1 rings (SSSR count). The van der Waals surface area contributed by atoms with Gasteiger partial charge >= 0.3 is 0 Å². The average Bonchev–Trinajstić information content (AvgIpc) is 2.09. The van der Waals surface area contributed by atoms with E-state index in [4.69, 9.17) is 5.11 Å². The molecule has 0 aliphatic heterocycles. The summed E-state index contributed by atoms with van der Waals surface area (Å²) in [6.07, 6.45) is 0. The van der Waals surface area contributed by atoms with Crippen molar-refractivity contribution in [1.82, 2.24) is 4.98 Å². The molecule has 0 spiro atoms. The van der Waals surface area contributed by atoms with Crippen molar-refractivity contribution in [2.45, 2.75) is 0 Å². The van der Waals surface area contributed by atoms with Crippen molar-refractivity contribution in [2.24, 2.45) is 5.18 Å². The van der Waals surface area contributed by atoms with Crippen LogP contribution in [0.3, 0.4) is 0 Å². The standard InChI is InChI=1S/C6H5FN2O3/c1-12-6-4(9-11)2-3(7)5(10)8-6/h2H,1H3,(H,8,10). The Hall–Kier alpha value is -1.72. The van der Waals surface area contributed by atoms with Crippen LogP contribution in [0.25, 0.3) is 0 Å². The van der Waals surface area contributed by atoms with Crippen molar-refractivity contribution in [3.63, 3.8) is 0 Å². The van der Waals surface area contributed by atoms with Crippen LogP contribution >= 0.6 is 0 Å². The number of nitrogens with zero attached hydrogens (tertiary/aromatic N) is 2. The zero-order valence-electron chi connectivity index (χ0n) is 6.11. The number of hydrogen-bond donors (Lipinski definition) is 1. The lowest BCUT2D eigenvalue weighted by Gasteiger charge is -2.01. The molecule has 0 fully saturated rings. The molecule has 64 valence electrons.